The highest BCUT2D eigenvalue weighted by Crippen LogP contribution is 2.40. The lowest BCUT2D eigenvalue weighted by Crippen LogP contribution is -2.22. The lowest BCUT2D eigenvalue weighted by Gasteiger charge is -2.22. The van der Waals surface area contributed by atoms with Crippen LogP contribution in [0.2, 0.25) is 5.15 Å². The second kappa shape index (κ2) is 3.92. The molecule has 0 spiro atoms. The summed E-state index contributed by atoms with van der Waals surface area (Å²) in [6.45, 7) is 6.30. The molecule has 2 aromatic rings. The van der Waals surface area contributed by atoms with Gasteiger partial charge in [-0.2, -0.15) is 0 Å². The molecule has 5 heteroatoms. The Morgan fingerprint density at radius 2 is 1.83 bits per heavy atom. The predicted octanol–water partition coefficient (Wildman–Crippen LogP) is 3.23. The van der Waals surface area contributed by atoms with Crippen molar-refractivity contribution in [3.63, 3.8) is 0 Å². The first-order valence-electron chi connectivity index (χ1n) is 6.41. The fraction of sp³-hybridized carbons (Fsp3) is 0.615. The summed E-state index contributed by atoms with van der Waals surface area (Å²) in [5, 5.41) is 9.07. The maximum Gasteiger partial charge on any atom is 0.198 e. The summed E-state index contributed by atoms with van der Waals surface area (Å²) in [4.78, 5) is 4.31. The summed E-state index contributed by atoms with van der Waals surface area (Å²) in [5.74, 6) is 1.04. The molecule has 18 heavy (non-hydrogen) atoms. The van der Waals surface area contributed by atoms with Crippen molar-refractivity contribution in [1.82, 2.24) is 19.6 Å². The zero-order valence-corrected chi connectivity index (χ0v) is 11.8. The fourth-order valence-electron chi connectivity index (χ4n) is 2.95. The molecule has 1 aliphatic rings. The van der Waals surface area contributed by atoms with Crippen molar-refractivity contribution in [3.8, 4) is 0 Å². The van der Waals surface area contributed by atoms with Crippen LogP contribution in [-0.4, -0.2) is 19.6 Å². The minimum atomic E-state index is 0.126. The molecule has 1 fully saturated rings. The number of fused-ring (bicyclic) bond motifs is 1. The van der Waals surface area contributed by atoms with E-state index < -0.39 is 0 Å². The highest BCUT2D eigenvalue weighted by atomic mass is 35.5. The van der Waals surface area contributed by atoms with E-state index in [1.54, 1.807) is 0 Å². The monoisotopic (exact) mass is 264 g/mol. The van der Waals surface area contributed by atoms with Crippen LogP contribution in [0.25, 0.3) is 5.65 Å². The second-order valence-corrected chi connectivity index (χ2v) is 5.88. The van der Waals surface area contributed by atoms with Gasteiger partial charge in [0.15, 0.2) is 10.8 Å². The van der Waals surface area contributed by atoms with Crippen LogP contribution in [0, 0.1) is 13.8 Å². The van der Waals surface area contributed by atoms with E-state index >= 15 is 0 Å². The molecule has 0 N–H and O–H groups in total. The molecular weight excluding hydrogens is 248 g/mol. The van der Waals surface area contributed by atoms with Crippen molar-refractivity contribution in [2.24, 2.45) is 0 Å². The third kappa shape index (κ3) is 1.55. The minimum Gasteiger partial charge on any atom is -0.279 e. The lowest BCUT2D eigenvalue weighted by atomic mass is 9.88. The smallest absolute Gasteiger partial charge is 0.198 e. The van der Waals surface area contributed by atoms with E-state index in [0.717, 1.165) is 17.2 Å². The Hall–Kier alpha value is -1.16. The van der Waals surface area contributed by atoms with E-state index in [9.17, 15) is 0 Å². The molecule has 0 aromatic carbocycles. The Balaban J connectivity index is 2.31. The van der Waals surface area contributed by atoms with Crippen LogP contribution in [0.4, 0.5) is 0 Å². The molecule has 0 bridgehead atoms. The van der Waals surface area contributed by atoms with Crippen molar-refractivity contribution in [2.75, 3.05) is 0 Å². The van der Waals surface area contributed by atoms with Gasteiger partial charge in [-0.15, -0.1) is 10.2 Å². The largest absolute Gasteiger partial charge is 0.279 e. The molecule has 0 saturated heterocycles. The molecule has 0 atom stereocenters. The molecule has 1 aliphatic carbocycles. The van der Waals surface area contributed by atoms with Gasteiger partial charge in [-0.1, -0.05) is 31.4 Å². The summed E-state index contributed by atoms with van der Waals surface area (Å²) in [7, 11) is 0. The zero-order chi connectivity index (χ0) is 12.9. The number of aryl methyl sites for hydroxylation is 2. The van der Waals surface area contributed by atoms with Crippen LogP contribution >= 0.6 is 11.6 Å². The molecule has 0 radical (unpaired) electrons. The van der Waals surface area contributed by atoms with Crippen molar-refractivity contribution >= 4 is 17.2 Å². The van der Waals surface area contributed by atoms with Gasteiger partial charge in [0.25, 0.3) is 0 Å². The Bertz CT molecular complexity index is 611. The second-order valence-electron chi connectivity index (χ2n) is 5.52. The van der Waals surface area contributed by atoms with Gasteiger partial charge in [-0.3, -0.25) is 4.40 Å². The highest BCUT2D eigenvalue weighted by Gasteiger charge is 2.35. The summed E-state index contributed by atoms with van der Waals surface area (Å²) in [6.07, 6.45) is 4.88. The van der Waals surface area contributed by atoms with Crippen molar-refractivity contribution in [3.05, 3.63) is 22.4 Å². The Labute approximate surface area is 111 Å². The number of hydrogen-bond donors (Lipinski definition) is 0. The third-order valence-electron chi connectivity index (χ3n) is 4.22. The van der Waals surface area contributed by atoms with Crippen LogP contribution in [0.15, 0.2) is 0 Å². The lowest BCUT2D eigenvalue weighted by molar-refractivity contribution is 0.452. The SMILES string of the molecule is Cc1nc(Cl)c2nnc(C3(C)CCCC3)n2c1C. The average molecular weight is 265 g/mol. The van der Waals surface area contributed by atoms with Crippen molar-refractivity contribution < 1.29 is 0 Å². The number of nitrogens with zero attached hydrogens (tertiary/aromatic N) is 4. The Morgan fingerprint density at radius 1 is 1.17 bits per heavy atom. The van der Waals surface area contributed by atoms with Crippen LogP contribution in [0.5, 0.6) is 0 Å². The molecule has 4 nitrogen and oxygen atoms in total. The molecule has 0 amide bonds. The van der Waals surface area contributed by atoms with Gasteiger partial charge in [0, 0.05) is 11.1 Å². The minimum absolute atomic E-state index is 0.126. The number of aromatic nitrogens is 4. The summed E-state index contributed by atoms with van der Waals surface area (Å²) < 4.78 is 2.09. The van der Waals surface area contributed by atoms with Crippen LogP contribution < -0.4 is 0 Å². The Morgan fingerprint density at radius 3 is 2.50 bits per heavy atom. The Kier molecular flexibility index (Phi) is 2.59. The van der Waals surface area contributed by atoms with E-state index in [2.05, 4.69) is 33.4 Å². The molecule has 0 aliphatic heterocycles. The molecule has 3 rings (SSSR count). The van der Waals surface area contributed by atoms with E-state index in [4.69, 9.17) is 11.6 Å². The summed E-state index contributed by atoms with van der Waals surface area (Å²) in [6, 6.07) is 0. The molecule has 2 aromatic heterocycles. The number of rotatable bonds is 1. The standard InChI is InChI=1S/C13H17ClN4/c1-8-9(2)18-11(10(14)15-8)16-17-12(18)13(3)6-4-5-7-13/h4-7H2,1-3H3. The maximum atomic E-state index is 6.17. The molecule has 2 heterocycles. The highest BCUT2D eigenvalue weighted by molar-refractivity contribution is 6.32. The first kappa shape index (κ1) is 11.9. The fourth-order valence-corrected chi connectivity index (χ4v) is 3.19. The van der Waals surface area contributed by atoms with E-state index in [-0.39, 0.29) is 5.41 Å². The predicted molar refractivity (Wildman–Crippen MR) is 71.1 cm³/mol. The van der Waals surface area contributed by atoms with Gasteiger partial charge in [-0.25, -0.2) is 4.98 Å². The third-order valence-corrected chi connectivity index (χ3v) is 4.47. The normalized spacial score (nSPS) is 18.7. The average Bonchev–Trinajstić information content (AvgIpc) is 2.93. The molecule has 96 valence electrons. The van der Waals surface area contributed by atoms with Gasteiger partial charge >= 0.3 is 0 Å². The molecule has 1 saturated carbocycles. The summed E-state index contributed by atoms with van der Waals surface area (Å²) in [5.41, 5.74) is 2.84. The van der Waals surface area contributed by atoms with Crippen LogP contribution in [0.3, 0.4) is 0 Å². The first-order chi connectivity index (χ1) is 8.53. The van der Waals surface area contributed by atoms with Gasteiger partial charge < -0.3 is 0 Å². The van der Waals surface area contributed by atoms with Crippen LogP contribution in [-0.2, 0) is 5.41 Å². The quantitative estimate of drug-likeness (QED) is 0.794. The van der Waals surface area contributed by atoms with Gasteiger partial charge in [0.2, 0.25) is 0 Å². The molecule has 0 unspecified atom stereocenters. The molecular formula is C13H17ClN4. The van der Waals surface area contributed by atoms with E-state index in [1.807, 2.05) is 6.92 Å². The topological polar surface area (TPSA) is 43.1 Å². The number of hydrogen-bond acceptors (Lipinski definition) is 3. The first-order valence-corrected chi connectivity index (χ1v) is 6.79. The summed E-state index contributed by atoms with van der Waals surface area (Å²) >= 11 is 6.17. The maximum absolute atomic E-state index is 6.17. The number of halogens is 1. The van der Waals surface area contributed by atoms with Crippen LogP contribution in [0.1, 0.15) is 49.8 Å². The van der Waals surface area contributed by atoms with Gasteiger partial charge in [0.05, 0.1) is 5.69 Å². The van der Waals surface area contributed by atoms with E-state index in [0.29, 0.717) is 10.8 Å². The van der Waals surface area contributed by atoms with Crippen molar-refractivity contribution in [2.45, 2.75) is 51.9 Å². The van der Waals surface area contributed by atoms with Gasteiger partial charge in [-0.05, 0) is 26.7 Å². The van der Waals surface area contributed by atoms with Crippen molar-refractivity contribution in [1.29, 1.82) is 0 Å². The zero-order valence-electron chi connectivity index (χ0n) is 11.0. The van der Waals surface area contributed by atoms with Gasteiger partial charge in [0.1, 0.15) is 5.82 Å². The van der Waals surface area contributed by atoms with E-state index in [1.165, 1.54) is 25.7 Å².